The fourth-order valence-corrected chi connectivity index (χ4v) is 6.25. The molecule has 7 rings (SSSR count). The molecule has 2 aromatic heterocycles. The van der Waals surface area contributed by atoms with Crippen molar-refractivity contribution in [2.24, 2.45) is 14.1 Å². The molecule has 0 saturated heterocycles. The minimum absolute atomic E-state index is 0.0131. The fourth-order valence-electron chi connectivity index (χ4n) is 6.25. The highest BCUT2D eigenvalue weighted by atomic mass is 19.1. The number of carbonyl (C=O) groups excluding carboxylic acids is 2. The third-order valence-electron chi connectivity index (χ3n) is 8.84. The lowest BCUT2D eigenvalue weighted by atomic mass is 9.93. The number of carbonyl (C=O) groups is 2. The van der Waals surface area contributed by atoms with E-state index < -0.39 is 12.7 Å². The van der Waals surface area contributed by atoms with E-state index >= 15 is 0 Å². The molecule has 234 valence electrons. The summed E-state index contributed by atoms with van der Waals surface area (Å²) in [5.74, 6) is 0.326. The molecule has 5 aromatic rings. The number of halogens is 1. The molecule has 2 aliphatic rings. The van der Waals surface area contributed by atoms with Gasteiger partial charge >= 0.3 is 0 Å². The lowest BCUT2D eigenvalue weighted by Crippen LogP contribution is -2.45. The maximum absolute atomic E-state index is 14.4. The Balaban J connectivity index is 1.33. The predicted molar refractivity (Wildman–Crippen MR) is 169 cm³/mol. The van der Waals surface area contributed by atoms with Crippen molar-refractivity contribution in [2.45, 2.75) is 25.9 Å². The Bertz CT molecular complexity index is 1980. The van der Waals surface area contributed by atoms with Gasteiger partial charge in [0.05, 0.1) is 29.1 Å². The largest absolute Gasteiger partial charge is 0.508 e. The van der Waals surface area contributed by atoms with Crippen LogP contribution in [-0.4, -0.2) is 55.7 Å². The van der Waals surface area contributed by atoms with Gasteiger partial charge in [-0.1, -0.05) is 24.3 Å². The Morgan fingerprint density at radius 2 is 1.70 bits per heavy atom. The smallest absolute Gasteiger partial charge is 0.264 e. The zero-order valence-electron chi connectivity index (χ0n) is 25.6. The first kappa shape index (κ1) is 29.1. The van der Waals surface area contributed by atoms with Gasteiger partial charge in [-0.25, -0.2) is 4.39 Å². The van der Waals surface area contributed by atoms with Gasteiger partial charge in [0.25, 0.3) is 11.8 Å². The summed E-state index contributed by atoms with van der Waals surface area (Å²) in [7, 11) is 3.60. The highest BCUT2D eigenvalue weighted by Crippen LogP contribution is 2.41. The fraction of sp³-hybridized carbons (Fsp3) is 0.229. The van der Waals surface area contributed by atoms with Crippen molar-refractivity contribution in [3.05, 3.63) is 107 Å². The number of benzene rings is 3. The first-order chi connectivity index (χ1) is 22.2. The second-order valence-electron chi connectivity index (χ2n) is 11.6. The van der Waals surface area contributed by atoms with Crippen molar-refractivity contribution in [3.63, 3.8) is 0 Å². The Morgan fingerprint density at radius 1 is 0.978 bits per heavy atom. The van der Waals surface area contributed by atoms with E-state index in [2.05, 4.69) is 5.10 Å². The van der Waals surface area contributed by atoms with Crippen LogP contribution >= 0.6 is 0 Å². The van der Waals surface area contributed by atoms with Gasteiger partial charge < -0.3 is 24.0 Å². The zero-order valence-corrected chi connectivity index (χ0v) is 25.6. The number of rotatable bonds is 6. The summed E-state index contributed by atoms with van der Waals surface area (Å²) in [5.41, 5.74) is 5.64. The molecule has 3 aromatic carbocycles. The minimum atomic E-state index is -0.677. The number of aromatic nitrogens is 3. The number of aryl methyl sites for hydroxylation is 1. The van der Waals surface area contributed by atoms with Crippen LogP contribution in [-0.2, 0) is 27.1 Å². The van der Waals surface area contributed by atoms with Crippen molar-refractivity contribution in [1.82, 2.24) is 19.2 Å². The van der Waals surface area contributed by atoms with Gasteiger partial charge in [0.15, 0.2) is 11.5 Å². The normalized spacial score (nSPS) is 15.1. The first-order valence-electron chi connectivity index (χ1n) is 14.9. The van der Waals surface area contributed by atoms with Crippen molar-refractivity contribution < 1.29 is 28.6 Å². The molecule has 0 radical (unpaired) electrons. The number of phenols is 1. The third-order valence-corrected chi connectivity index (χ3v) is 8.84. The van der Waals surface area contributed by atoms with Crippen molar-refractivity contribution in [1.29, 1.82) is 0 Å². The number of fused-ring (bicyclic) bond motifs is 2. The second kappa shape index (κ2) is 11.4. The summed E-state index contributed by atoms with van der Waals surface area (Å²) in [6, 6.07) is 18.7. The molecule has 0 spiro atoms. The van der Waals surface area contributed by atoms with E-state index in [4.69, 9.17) is 9.47 Å². The summed E-state index contributed by atoms with van der Waals surface area (Å²) in [5, 5.41) is 14.2. The molecular formula is C35H32FN5O5. The van der Waals surface area contributed by atoms with Gasteiger partial charge in [0.1, 0.15) is 12.4 Å². The van der Waals surface area contributed by atoms with Crippen LogP contribution in [0.15, 0.2) is 79.1 Å². The summed E-state index contributed by atoms with van der Waals surface area (Å²) >= 11 is 0. The van der Waals surface area contributed by atoms with E-state index in [1.165, 1.54) is 17.0 Å². The van der Waals surface area contributed by atoms with Gasteiger partial charge in [0, 0.05) is 49.5 Å². The van der Waals surface area contributed by atoms with Gasteiger partial charge in [0.2, 0.25) is 6.79 Å². The van der Waals surface area contributed by atoms with Crippen LogP contribution in [0, 0.1) is 6.92 Å². The van der Waals surface area contributed by atoms with Crippen LogP contribution in [0.3, 0.4) is 0 Å². The Kier molecular flexibility index (Phi) is 7.23. The van der Waals surface area contributed by atoms with E-state index in [0.717, 1.165) is 11.1 Å². The molecule has 0 fully saturated rings. The molecule has 2 amide bonds. The van der Waals surface area contributed by atoms with Gasteiger partial charge in [-0.2, -0.15) is 5.10 Å². The maximum Gasteiger partial charge on any atom is 0.264 e. The molecule has 10 nitrogen and oxygen atoms in total. The van der Waals surface area contributed by atoms with Gasteiger partial charge in [-0.05, 0) is 66.9 Å². The molecule has 11 heteroatoms. The van der Waals surface area contributed by atoms with Crippen LogP contribution in [0.2, 0.25) is 0 Å². The van der Waals surface area contributed by atoms with Gasteiger partial charge in [-0.15, -0.1) is 0 Å². The number of nitrogens with zero attached hydrogens (tertiary/aromatic N) is 5. The number of alkyl halides is 1. The molecular weight excluding hydrogens is 589 g/mol. The summed E-state index contributed by atoms with van der Waals surface area (Å²) in [4.78, 5) is 31.8. The zero-order chi connectivity index (χ0) is 32.1. The lowest BCUT2D eigenvalue weighted by Gasteiger charge is -2.36. The average Bonchev–Trinajstić information content (AvgIpc) is 3.79. The Labute approximate surface area is 264 Å². The number of amides is 2. The molecule has 4 heterocycles. The maximum atomic E-state index is 14.4. The topological polar surface area (TPSA) is 102 Å². The van der Waals surface area contributed by atoms with E-state index in [9.17, 15) is 19.1 Å². The monoisotopic (exact) mass is 621 g/mol. The first-order valence-corrected chi connectivity index (χ1v) is 14.9. The van der Waals surface area contributed by atoms with E-state index in [0.29, 0.717) is 57.4 Å². The van der Waals surface area contributed by atoms with Crippen molar-refractivity contribution in [2.75, 3.05) is 18.4 Å². The number of aromatic hydroxyl groups is 1. The minimum Gasteiger partial charge on any atom is -0.508 e. The number of hydrogen-bond donors (Lipinski definition) is 1. The number of hydrogen-bond acceptors (Lipinski definition) is 6. The van der Waals surface area contributed by atoms with E-state index in [1.807, 2.05) is 42.8 Å². The molecule has 0 aliphatic carbocycles. The highest BCUT2D eigenvalue weighted by molar-refractivity contribution is 6.12. The van der Waals surface area contributed by atoms with Crippen LogP contribution in [0.4, 0.5) is 15.8 Å². The lowest BCUT2D eigenvalue weighted by molar-refractivity contribution is 0.0606. The second-order valence-corrected chi connectivity index (χ2v) is 11.6. The number of ether oxygens (including phenoxy) is 2. The molecule has 1 N–H and O–H groups in total. The summed E-state index contributed by atoms with van der Waals surface area (Å²) < 4.78 is 29.2. The molecule has 1 atom stereocenters. The standard InChI is InChI=1S/C35H32FN5O5/c1-21-28(35(44)41(26-17-37-38(2)19-26)24-8-10-27(42)11-9-24)13-31(39(21)3)29-14-32-33(46-20-45-32)15-30(29)34(43)40-18-23-7-5-4-6-22(23)12-25(40)16-36/h4-11,13-15,17,19,25,42H,12,16,18,20H2,1-3H3/t25-/m0/s1. The summed E-state index contributed by atoms with van der Waals surface area (Å²) in [6.07, 6.45) is 3.74. The van der Waals surface area contributed by atoms with Gasteiger partial charge in [-0.3, -0.25) is 19.2 Å². The SMILES string of the molecule is Cc1c(C(=O)N(c2ccc(O)cc2)c2cnn(C)c2)cc(-c2cc3c(cc2C(=O)N2Cc4ccccc4C[C@H]2CF)OCO3)n1C. The van der Waals surface area contributed by atoms with Crippen LogP contribution in [0.1, 0.15) is 37.5 Å². The predicted octanol–water partition coefficient (Wildman–Crippen LogP) is 5.68. The molecule has 0 unspecified atom stereocenters. The number of phenolic OH excluding ortho intramolecular Hbond substituents is 1. The number of anilines is 2. The van der Waals surface area contributed by atoms with Crippen LogP contribution in [0.25, 0.3) is 11.3 Å². The Morgan fingerprint density at radius 3 is 2.39 bits per heavy atom. The highest BCUT2D eigenvalue weighted by Gasteiger charge is 2.34. The van der Waals surface area contributed by atoms with Crippen molar-refractivity contribution in [3.8, 4) is 28.5 Å². The summed E-state index contributed by atoms with van der Waals surface area (Å²) in [6.45, 7) is 1.45. The van der Waals surface area contributed by atoms with Crippen LogP contribution in [0.5, 0.6) is 17.2 Å². The molecule has 2 aliphatic heterocycles. The quantitative estimate of drug-likeness (QED) is 0.262. The molecule has 0 bridgehead atoms. The van der Waals surface area contributed by atoms with E-state index in [1.54, 1.807) is 59.4 Å². The average molecular weight is 622 g/mol. The third kappa shape index (κ3) is 4.93. The molecule has 0 saturated carbocycles. The van der Waals surface area contributed by atoms with E-state index in [-0.39, 0.29) is 30.9 Å². The molecule has 46 heavy (non-hydrogen) atoms. The van der Waals surface area contributed by atoms with Crippen molar-refractivity contribution >= 4 is 23.2 Å². The van der Waals surface area contributed by atoms with Crippen LogP contribution < -0.4 is 14.4 Å². The Hall–Kier alpha value is -5.58.